The highest BCUT2D eigenvalue weighted by Crippen LogP contribution is 2.27. The van der Waals surface area contributed by atoms with Crippen molar-refractivity contribution in [2.45, 2.75) is 117 Å². The molecule has 0 amide bonds. The summed E-state index contributed by atoms with van der Waals surface area (Å²) in [4.78, 5) is 11.6. The normalized spacial score (nSPS) is 13.9. The average Bonchev–Trinajstić information content (AvgIpc) is 2.52. The van der Waals surface area contributed by atoms with Crippen molar-refractivity contribution in [1.82, 2.24) is 0 Å². The summed E-state index contributed by atoms with van der Waals surface area (Å²) in [6, 6.07) is 0. The van der Waals surface area contributed by atoms with E-state index in [1.54, 1.807) is 0 Å². The number of rotatable bonds is 17. The minimum Gasteiger partial charge on any atom is -0.481 e. The first-order valence-corrected chi connectivity index (χ1v) is 10.4. The molecule has 138 valence electrons. The Morgan fingerprint density at radius 3 is 1.78 bits per heavy atom. The fraction of sp³-hybridized carbons (Fsp3) is 0.952. The van der Waals surface area contributed by atoms with E-state index in [0.717, 1.165) is 19.3 Å². The Kier molecular flexibility index (Phi) is 16.0. The zero-order chi connectivity index (χ0) is 17.3. The summed E-state index contributed by atoms with van der Waals surface area (Å²) in [6.07, 6.45) is 18.1. The molecule has 2 heteroatoms. The van der Waals surface area contributed by atoms with Crippen molar-refractivity contribution in [3.05, 3.63) is 0 Å². The van der Waals surface area contributed by atoms with Gasteiger partial charge in [-0.05, 0) is 18.8 Å². The van der Waals surface area contributed by atoms with Crippen LogP contribution in [-0.4, -0.2) is 11.1 Å². The first-order chi connectivity index (χ1) is 11.2. The van der Waals surface area contributed by atoms with Crippen molar-refractivity contribution >= 4 is 5.97 Å². The summed E-state index contributed by atoms with van der Waals surface area (Å²) in [6.45, 7) is 6.69. The van der Waals surface area contributed by atoms with E-state index in [1.165, 1.54) is 77.0 Å². The van der Waals surface area contributed by atoms with Crippen LogP contribution in [0.3, 0.4) is 0 Å². The van der Waals surface area contributed by atoms with E-state index >= 15 is 0 Å². The predicted molar refractivity (Wildman–Crippen MR) is 101 cm³/mol. The molecular weight excluding hydrogens is 284 g/mol. The Morgan fingerprint density at radius 2 is 1.22 bits per heavy atom. The Hall–Kier alpha value is -0.530. The van der Waals surface area contributed by atoms with Crippen molar-refractivity contribution < 1.29 is 9.90 Å². The molecule has 0 aromatic heterocycles. The Balaban J connectivity index is 4.03. The maximum absolute atomic E-state index is 11.6. The molecule has 0 heterocycles. The molecule has 2 nitrogen and oxygen atoms in total. The van der Waals surface area contributed by atoms with Gasteiger partial charge in [0.2, 0.25) is 0 Å². The van der Waals surface area contributed by atoms with Gasteiger partial charge in [0.1, 0.15) is 0 Å². The standard InChI is InChI=1S/C21H42O2/c1-4-7-9-10-11-12-14-17-20(21(22)23)18-19(15-6-3)16-13-8-5-2/h19-20H,4-18H2,1-3H3,(H,22,23). The zero-order valence-electron chi connectivity index (χ0n) is 16.1. The Labute approximate surface area is 145 Å². The van der Waals surface area contributed by atoms with Crippen LogP contribution in [0.2, 0.25) is 0 Å². The second-order valence-electron chi connectivity index (χ2n) is 7.33. The van der Waals surface area contributed by atoms with E-state index < -0.39 is 5.97 Å². The summed E-state index contributed by atoms with van der Waals surface area (Å²) in [7, 11) is 0. The highest BCUT2D eigenvalue weighted by Gasteiger charge is 2.21. The molecular formula is C21H42O2. The molecule has 0 radical (unpaired) electrons. The fourth-order valence-corrected chi connectivity index (χ4v) is 3.56. The van der Waals surface area contributed by atoms with E-state index in [2.05, 4.69) is 20.8 Å². The van der Waals surface area contributed by atoms with Crippen molar-refractivity contribution in [2.75, 3.05) is 0 Å². The number of unbranched alkanes of at least 4 members (excludes halogenated alkanes) is 8. The van der Waals surface area contributed by atoms with Gasteiger partial charge >= 0.3 is 5.97 Å². The van der Waals surface area contributed by atoms with Crippen LogP contribution in [0.5, 0.6) is 0 Å². The van der Waals surface area contributed by atoms with Crippen molar-refractivity contribution in [3.8, 4) is 0 Å². The number of carboxylic acid groups (broad SMARTS) is 1. The molecule has 1 N–H and O–H groups in total. The SMILES string of the molecule is CCCCCCCCCC(CC(CCC)CCCCC)C(=O)O. The third kappa shape index (κ3) is 13.6. The van der Waals surface area contributed by atoms with E-state index in [9.17, 15) is 9.90 Å². The fourth-order valence-electron chi connectivity index (χ4n) is 3.56. The van der Waals surface area contributed by atoms with Gasteiger partial charge in [0.15, 0.2) is 0 Å². The first kappa shape index (κ1) is 22.5. The van der Waals surface area contributed by atoms with E-state index in [1.807, 2.05) is 0 Å². The van der Waals surface area contributed by atoms with Crippen LogP contribution in [0.1, 0.15) is 117 Å². The van der Waals surface area contributed by atoms with Gasteiger partial charge < -0.3 is 5.11 Å². The molecule has 0 fully saturated rings. The van der Waals surface area contributed by atoms with Gasteiger partial charge in [-0.2, -0.15) is 0 Å². The lowest BCUT2D eigenvalue weighted by Crippen LogP contribution is -2.18. The average molecular weight is 327 g/mol. The second-order valence-corrected chi connectivity index (χ2v) is 7.33. The van der Waals surface area contributed by atoms with Crippen LogP contribution in [0.15, 0.2) is 0 Å². The predicted octanol–water partition coefficient (Wildman–Crippen LogP) is 7.21. The van der Waals surface area contributed by atoms with Gasteiger partial charge in [0.25, 0.3) is 0 Å². The van der Waals surface area contributed by atoms with E-state index in [4.69, 9.17) is 0 Å². The number of carbonyl (C=O) groups is 1. The number of hydrogen-bond donors (Lipinski definition) is 1. The zero-order valence-corrected chi connectivity index (χ0v) is 16.1. The molecule has 0 aromatic rings. The van der Waals surface area contributed by atoms with E-state index in [-0.39, 0.29) is 5.92 Å². The molecule has 0 aromatic carbocycles. The molecule has 2 atom stereocenters. The summed E-state index contributed by atoms with van der Waals surface area (Å²) >= 11 is 0. The lowest BCUT2D eigenvalue weighted by Gasteiger charge is -2.21. The van der Waals surface area contributed by atoms with Crippen LogP contribution >= 0.6 is 0 Å². The van der Waals surface area contributed by atoms with Gasteiger partial charge in [-0.3, -0.25) is 4.79 Å². The summed E-state index contributed by atoms with van der Waals surface area (Å²) < 4.78 is 0. The second kappa shape index (κ2) is 16.3. The lowest BCUT2D eigenvalue weighted by atomic mass is 9.85. The first-order valence-electron chi connectivity index (χ1n) is 10.4. The molecule has 23 heavy (non-hydrogen) atoms. The van der Waals surface area contributed by atoms with Crippen LogP contribution in [0.25, 0.3) is 0 Å². The summed E-state index contributed by atoms with van der Waals surface area (Å²) in [5.41, 5.74) is 0. The maximum atomic E-state index is 11.6. The quantitative estimate of drug-likeness (QED) is 0.287. The number of aliphatic carboxylic acids is 1. The third-order valence-corrected chi connectivity index (χ3v) is 5.04. The van der Waals surface area contributed by atoms with Crippen LogP contribution in [0.4, 0.5) is 0 Å². The molecule has 0 spiro atoms. The largest absolute Gasteiger partial charge is 0.481 e. The Bertz CT molecular complexity index is 263. The molecule has 2 unspecified atom stereocenters. The van der Waals surface area contributed by atoms with Crippen molar-refractivity contribution in [1.29, 1.82) is 0 Å². The highest BCUT2D eigenvalue weighted by atomic mass is 16.4. The number of carboxylic acids is 1. The third-order valence-electron chi connectivity index (χ3n) is 5.04. The molecule has 0 rings (SSSR count). The highest BCUT2D eigenvalue weighted by molar-refractivity contribution is 5.69. The lowest BCUT2D eigenvalue weighted by molar-refractivity contribution is -0.142. The van der Waals surface area contributed by atoms with Gasteiger partial charge in [0.05, 0.1) is 5.92 Å². The molecule has 0 aliphatic heterocycles. The van der Waals surface area contributed by atoms with Crippen LogP contribution in [0, 0.1) is 11.8 Å². The van der Waals surface area contributed by atoms with E-state index in [0.29, 0.717) is 5.92 Å². The van der Waals surface area contributed by atoms with Gasteiger partial charge in [0, 0.05) is 0 Å². The molecule has 0 saturated carbocycles. The maximum Gasteiger partial charge on any atom is 0.306 e. The van der Waals surface area contributed by atoms with Crippen molar-refractivity contribution in [2.24, 2.45) is 11.8 Å². The molecule has 0 saturated heterocycles. The number of hydrogen-bond acceptors (Lipinski definition) is 1. The smallest absolute Gasteiger partial charge is 0.306 e. The van der Waals surface area contributed by atoms with Gasteiger partial charge in [-0.1, -0.05) is 104 Å². The Morgan fingerprint density at radius 1 is 0.696 bits per heavy atom. The molecule has 0 aliphatic rings. The molecule has 0 aliphatic carbocycles. The minimum atomic E-state index is -0.562. The monoisotopic (exact) mass is 326 g/mol. The minimum absolute atomic E-state index is 0.108. The summed E-state index contributed by atoms with van der Waals surface area (Å²) in [5, 5.41) is 9.53. The van der Waals surface area contributed by atoms with Crippen molar-refractivity contribution in [3.63, 3.8) is 0 Å². The van der Waals surface area contributed by atoms with Crippen LogP contribution in [-0.2, 0) is 4.79 Å². The molecule has 0 bridgehead atoms. The van der Waals surface area contributed by atoms with Crippen LogP contribution < -0.4 is 0 Å². The van der Waals surface area contributed by atoms with Gasteiger partial charge in [-0.15, -0.1) is 0 Å². The topological polar surface area (TPSA) is 37.3 Å². The summed E-state index contributed by atoms with van der Waals surface area (Å²) in [5.74, 6) is -0.0476. The van der Waals surface area contributed by atoms with Gasteiger partial charge in [-0.25, -0.2) is 0 Å².